The second-order valence-electron chi connectivity index (χ2n) is 9.39. The van der Waals surface area contributed by atoms with Crippen molar-refractivity contribution in [3.8, 4) is 0 Å². The van der Waals surface area contributed by atoms with Gasteiger partial charge in [-0.3, -0.25) is 9.59 Å². The summed E-state index contributed by atoms with van der Waals surface area (Å²) in [4.78, 5) is 27.3. The van der Waals surface area contributed by atoms with Crippen molar-refractivity contribution >= 4 is 11.7 Å². The SMILES string of the molecule is C[C@@H]1CC[C@@H]2[C@H](C=C[C@H]3[C@H]([C@H](C)O)OC(=C4C(=O)[C@H](CO)N(C)C4=O)[C@@]23C)C1. The van der Waals surface area contributed by atoms with E-state index in [-0.39, 0.29) is 29.1 Å². The maximum absolute atomic E-state index is 13.0. The first kappa shape index (κ1) is 19.6. The van der Waals surface area contributed by atoms with Gasteiger partial charge < -0.3 is 19.8 Å². The van der Waals surface area contributed by atoms with Gasteiger partial charge in [-0.2, -0.15) is 0 Å². The van der Waals surface area contributed by atoms with Crippen LogP contribution in [0.5, 0.6) is 0 Å². The zero-order valence-corrected chi connectivity index (χ0v) is 17.1. The minimum atomic E-state index is -0.854. The number of likely N-dealkylation sites (tertiary alicyclic amines) is 1. The van der Waals surface area contributed by atoms with E-state index in [1.807, 2.05) is 0 Å². The second kappa shape index (κ2) is 6.70. The van der Waals surface area contributed by atoms with Gasteiger partial charge in [-0.1, -0.05) is 32.4 Å². The Morgan fingerprint density at radius 3 is 2.64 bits per heavy atom. The number of allylic oxidation sites excluding steroid dienone is 2. The van der Waals surface area contributed by atoms with Gasteiger partial charge in [0.1, 0.15) is 23.5 Å². The number of hydrogen-bond acceptors (Lipinski definition) is 5. The van der Waals surface area contributed by atoms with Crippen molar-refractivity contribution in [2.75, 3.05) is 13.7 Å². The molecule has 2 heterocycles. The molecule has 1 amide bonds. The van der Waals surface area contributed by atoms with Crippen LogP contribution in [0.3, 0.4) is 0 Å². The van der Waals surface area contributed by atoms with E-state index >= 15 is 0 Å². The number of Topliss-reactive ketones (excluding diaryl/α,β-unsaturated/α-hetero) is 1. The molecular formula is C22H31NO5. The third kappa shape index (κ3) is 2.53. The van der Waals surface area contributed by atoms with Gasteiger partial charge in [0.05, 0.1) is 12.7 Å². The molecule has 0 aromatic heterocycles. The summed E-state index contributed by atoms with van der Waals surface area (Å²) in [6.45, 7) is 5.67. The number of hydrogen-bond donors (Lipinski definition) is 2. The third-order valence-electron chi connectivity index (χ3n) is 7.71. The monoisotopic (exact) mass is 389 g/mol. The number of nitrogens with zero attached hydrogens (tertiary/aromatic N) is 1. The minimum absolute atomic E-state index is 0.0740. The van der Waals surface area contributed by atoms with Crippen molar-refractivity contribution in [2.24, 2.45) is 29.1 Å². The van der Waals surface area contributed by atoms with Crippen molar-refractivity contribution in [3.63, 3.8) is 0 Å². The van der Waals surface area contributed by atoms with Crippen molar-refractivity contribution < 1.29 is 24.5 Å². The summed E-state index contributed by atoms with van der Waals surface area (Å²) >= 11 is 0. The highest BCUT2D eigenvalue weighted by molar-refractivity contribution is 6.27. The first-order chi connectivity index (χ1) is 13.2. The molecule has 8 atom stereocenters. The molecule has 0 radical (unpaired) electrons. The molecule has 2 aliphatic carbocycles. The Morgan fingerprint density at radius 2 is 2.04 bits per heavy atom. The number of ether oxygens (including phenoxy) is 1. The summed E-state index contributed by atoms with van der Waals surface area (Å²) in [5.41, 5.74) is -0.433. The number of aliphatic hydroxyl groups is 2. The normalized spacial score (nSPS) is 46.4. The Morgan fingerprint density at radius 1 is 1.32 bits per heavy atom. The fraction of sp³-hybridized carbons (Fsp3) is 0.727. The molecule has 4 aliphatic rings. The van der Waals surface area contributed by atoms with Crippen LogP contribution < -0.4 is 0 Å². The fourth-order valence-electron chi connectivity index (χ4n) is 6.11. The number of carbonyl (C=O) groups excluding carboxylic acids is 2. The van der Waals surface area contributed by atoms with Crippen molar-refractivity contribution in [3.05, 3.63) is 23.5 Å². The van der Waals surface area contributed by atoms with Gasteiger partial charge in [-0.25, -0.2) is 0 Å². The van der Waals surface area contributed by atoms with Crippen molar-refractivity contribution in [1.29, 1.82) is 0 Å². The lowest BCUT2D eigenvalue weighted by Crippen LogP contribution is -2.45. The average molecular weight is 389 g/mol. The summed E-state index contributed by atoms with van der Waals surface area (Å²) < 4.78 is 6.24. The highest BCUT2D eigenvalue weighted by Gasteiger charge is 2.61. The van der Waals surface area contributed by atoms with Crippen LogP contribution in [0.25, 0.3) is 0 Å². The molecule has 0 bridgehead atoms. The molecule has 6 nitrogen and oxygen atoms in total. The van der Waals surface area contributed by atoms with Crippen LogP contribution in [0.1, 0.15) is 40.0 Å². The van der Waals surface area contributed by atoms with E-state index in [0.29, 0.717) is 17.6 Å². The highest BCUT2D eigenvalue weighted by Crippen LogP contribution is 2.61. The highest BCUT2D eigenvalue weighted by atomic mass is 16.5. The molecule has 3 fully saturated rings. The van der Waals surface area contributed by atoms with E-state index in [0.717, 1.165) is 19.3 Å². The van der Waals surface area contributed by atoms with Crippen LogP contribution >= 0.6 is 0 Å². The maximum atomic E-state index is 13.0. The van der Waals surface area contributed by atoms with Gasteiger partial charge in [-0.15, -0.1) is 0 Å². The number of rotatable bonds is 2. The Hall–Kier alpha value is -1.66. The maximum Gasteiger partial charge on any atom is 0.261 e. The lowest BCUT2D eigenvalue weighted by molar-refractivity contribution is -0.126. The molecule has 0 unspecified atom stereocenters. The third-order valence-corrected chi connectivity index (χ3v) is 7.71. The molecule has 2 saturated heterocycles. The van der Waals surface area contributed by atoms with Crippen LogP contribution in [-0.2, 0) is 14.3 Å². The van der Waals surface area contributed by atoms with E-state index < -0.39 is 30.3 Å². The van der Waals surface area contributed by atoms with Crippen molar-refractivity contribution in [2.45, 2.75) is 58.3 Å². The number of likely N-dealkylation sites (N-methyl/N-ethyl adjacent to an activating group) is 1. The van der Waals surface area contributed by atoms with Crippen LogP contribution in [0.15, 0.2) is 23.5 Å². The molecule has 4 rings (SSSR count). The summed E-state index contributed by atoms with van der Waals surface area (Å²) in [6.07, 6.45) is 6.42. The largest absolute Gasteiger partial charge is 0.490 e. The van der Waals surface area contributed by atoms with E-state index in [2.05, 4.69) is 26.0 Å². The first-order valence-corrected chi connectivity index (χ1v) is 10.4. The molecule has 0 aromatic rings. The number of aliphatic hydroxyl groups excluding tert-OH is 2. The standard InChI is InChI=1S/C22H31NO5/c1-11-5-7-14-13(9-11)6-8-15-19(12(2)25)28-20(22(14,15)3)17-18(26)16(10-24)23(4)21(17)27/h6,8,11-16,19,24-25H,5,7,9-10H2,1-4H3/t11-,12+,13-,14-,15+,16+,19+,22+/m1/s1. The van der Waals surface area contributed by atoms with Crippen LogP contribution in [0.2, 0.25) is 0 Å². The Kier molecular flexibility index (Phi) is 4.70. The predicted molar refractivity (Wildman–Crippen MR) is 103 cm³/mol. The van der Waals surface area contributed by atoms with Gasteiger partial charge in [0.15, 0.2) is 5.78 Å². The lowest BCUT2D eigenvalue weighted by atomic mass is 9.54. The van der Waals surface area contributed by atoms with Crippen molar-refractivity contribution in [1.82, 2.24) is 4.90 Å². The number of carbonyl (C=O) groups is 2. The van der Waals surface area contributed by atoms with Gasteiger partial charge in [0.25, 0.3) is 5.91 Å². The zero-order chi connectivity index (χ0) is 20.4. The van der Waals surface area contributed by atoms with E-state index in [1.54, 1.807) is 14.0 Å². The van der Waals surface area contributed by atoms with Gasteiger partial charge in [-0.05, 0) is 37.5 Å². The molecular weight excluding hydrogens is 358 g/mol. The summed E-state index contributed by atoms with van der Waals surface area (Å²) in [5, 5.41) is 20.0. The Labute approximate surface area is 166 Å². The van der Waals surface area contributed by atoms with E-state index in [9.17, 15) is 19.8 Å². The summed E-state index contributed by atoms with van der Waals surface area (Å²) in [7, 11) is 1.54. The zero-order valence-electron chi connectivity index (χ0n) is 17.1. The molecule has 1 saturated carbocycles. The second-order valence-corrected chi connectivity index (χ2v) is 9.39. The smallest absolute Gasteiger partial charge is 0.261 e. The Balaban J connectivity index is 1.87. The predicted octanol–water partition coefficient (Wildman–Crippen LogP) is 1.67. The van der Waals surface area contributed by atoms with Crippen LogP contribution in [0.4, 0.5) is 0 Å². The lowest BCUT2D eigenvalue weighted by Gasteiger charge is -2.48. The molecule has 0 spiro atoms. The number of amides is 1. The fourth-order valence-corrected chi connectivity index (χ4v) is 6.11. The molecule has 6 heteroatoms. The average Bonchev–Trinajstić information content (AvgIpc) is 3.05. The molecule has 154 valence electrons. The molecule has 2 aliphatic heterocycles. The van der Waals surface area contributed by atoms with E-state index in [1.165, 1.54) is 4.90 Å². The number of fused-ring (bicyclic) bond motifs is 3. The Bertz CT molecular complexity index is 756. The summed E-state index contributed by atoms with van der Waals surface area (Å²) in [6, 6.07) is -0.854. The topological polar surface area (TPSA) is 87.1 Å². The van der Waals surface area contributed by atoms with Crippen LogP contribution in [0, 0.1) is 29.1 Å². The number of ketones is 1. The molecule has 0 aromatic carbocycles. The minimum Gasteiger partial charge on any atom is -0.490 e. The van der Waals surface area contributed by atoms with E-state index in [4.69, 9.17) is 4.74 Å². The quantitative estimate of drug-likeness (QED) is 0.426. The summed E-state index contributed by atoms with van der Waals surface area (Å²) in [5.74, 6) is 0.904. The molecule has 28 heavy (non-hydrogen) atoms. The van der Waals surface area contributed by atoms with Gasteiger partial charge in [0.2, 0.25) is 0 Å². The first-order valence-electron chi connectivity index (χ1n) is 10.4. The van der Waals surface area contributed by atoms with Crippen LogP contribution in [-0.4, -0.2) is 58.7 Å². The molecule has 2 N–H and O–H groups in total. The van der Waals surface area contributed by atoms with Gasteiger partial charge >= 0.3 is 0 Å². The van der Waals surface area contributed by atoms with Gasteiger partial charge in [0, 0.05) is 18.4 Å².